The fourth-order valence-electron chi connectivity index (χ4n) is 0.728. The average Bonchev–Trinajstić information content (AvgIpc) is 2.11. The van der Waals surface area contributed by atoms with E-state index in [9.17, 15) is 4.48 Å². The number of nitrogens with zero attached hydrogens (tertiary/aromatic N) is 2. The average molecular weight is 143 g/mol. The van der Waals surface area contributed by atoms with Gasteiger partial charge in [0.1, 0.15) is 11.7 Å². The highest BCUT2D eigenvalue weighted by Crippen LogP contribution is 2.02. The Morgan fingerprint density at radius 1 is 1.40 bits per heavy atom. The lowest BCUT2D eigenvalue weighted by Crippen LogP contribution is -2.48. The van der Waals surface area contributed by atoms with E-state index >= 15 is 0 Å². The highest BCUT2D eigenvalue weighted by molar-refractivity contribution is 4.63. The van der Waals surface area contributed by atoms with Gasteiger partial charge >= 0.3 is 0 Å². The zero-order chi connectivity index (χ0) is 7.78. The number of imidazole rings is 1. The van der Waals surface area contributed by atoms with Crippen LogP contribution in [-0.2, 0) is 5.54 Å². The first-order chi connectivity index (χ1) is 4.50. The zero-order valence-electron chi connectivity index (χ0n) is 6.50. The molecule has 2 nitrogen and oxygen atoms in total. The molecular weight excluding hydrogens is 131 g/mol. The van der Waals surface area contributed by atoms with Crippen LogP contribution in [0.4, 0.5) is 4.48 Å². The minimum absolute atomic E-state index is 0.0304. The Morgan fingerprint density at radius 3 is 2.20 bits per heavy atom. The van der Waals surface area contributed by atoms with Crippen molar-refractivity contribution < 1.29 is 9.05 Å². The predicted octanol–water partition coefficient (Wildman–Crippen LogP) is 1.26. The maximum Gasteiger partial charge on any atom is 0.281 e. The van der Waals surface area contributed by atoms with E-state index in [4.69, 9.17) is 0 Å². The molecule has 0 spiro atoms. The molecule has 0 aliphatic carbocycles. The summed E-state index contributed by atoms with van der Waals surface area (Å²) < 4.78 is 14.2. The van der Waals surface area contributed by atoms with Crippen molar-refractivity contribution in [3.8, 4) is 0 Å². The summed E-state index contributed by atoms with van der Waals surface area (Å²) in [5, 5.41) is 0. The van der Waals surface area contributed by atoms with Crippen molar-refractivity contribution in [2.24, 2.45) is 0 Å². The van der Waals surface area contributed by atoms with Crippen LogP contribution in [0.15, 0.2) is 18.7 Å². The maximum absolute atomic E-state index is 12.4. The van der Waals surface area contributed by atoms with Crippen molar-refractivity contribution in [2.75, 3.05) is 0 Å². The van der Waals surface area contributed by atoms with Crippen LogP contribution in [0.5, 0.6) is 0 Å². The molecule has 0 aliphatic rings. The molecule has 0 bridgehead atoms. The third-order valence-electron chi connectivity index (χ3n) is 1.38. The van der Waals surface area contributed by atoms with Crippen LogP contribution >= 0.6 is 0 Å². The van der Waals surface area contributed by atoms with Crippen LogP contribution in [-0.4, -0.2) is 4.79 Å². The molecule has 0 radical (unpaired) electrons. The van der Waals surface area contributed by atoms with E-state index < -0.39 is 0 Å². The molecule has 0 saturated heterocycles. The first kappa shape index (κ1) is 7.25. The zero-order valence-corrected chi connectivity index (χ0v) is 6.50. The van der Waals surface area contributed by atoms with Gasteiger partial charge in [-0.3, -0.25) is 0 Å². The van der Waals surface area contributed by atoms with E-state index in [0.717, 1.165) is 0 Å². The molecule has 0 amide bonds. The van der Waals surface area contributed by atoms with Gasteiger partial charge in [-0.1, -0.05) is 0 Å². The van der Waals surface area contributed by atoms with Gasteiger partial charge in [-0.05, 0) is 25.6 Å². The Labute approximate surface area is 59.8 Å². The number of halogens is 1. The van der Waals surface area contributed by atoms with E-state index in [2.05, 4.69) is 0 Å². The summed E-state index contributed by atoms with van der Waals surface area (Å²) in [4.78, 5) is 0.547. The lowest BCUT2D eigenvalue weighted by atomic mass is 10.1. The summed E-state index contributed by atoms with van der Waals surface area (Å²) in [6, 6.07) is 0. The van der Waals surface area contributed by atoms with Gasteiger partial charge in [-0.25, -0.2) is 4.57 Å². The molecule has 56 valence electrons. The second-order valence-corrected chi connectivity index (χ2v) is 3.34. The van der Waals surface area contributed by atoms with Crippen LogP contribution < -0.4 is 4.57 Å². The maximum atomic E-state index is 12.4. The Morgan fingerprint density at radius 2 is 2.00 bits per heavy atom. The minimum atomic E-state index is -0.0304. The number of hydrogen-bond acceptors (Lipinski definition) is 0. The summed E-state index contributed by atoms with van der Waals surface area (Å²) >= 11 is 0. The van der Waals surface area contributed by atoms with Gasteiger partial charge in [0, 0.05) is 4.48 Å². The second kappa shape index (κ2) is 2.08. The Kier molecular flexibility index (Phi) is 1.50. The first-order valence-corrected chi connectivity index (χ1v) is 3.26. The van der Waals surface area contributed by atoms with E-state index in [-0.39, 0.29) is 5.54 Å². The van der Waals surface area contributed by atoms with Gasteiger partial charge in [-0.2, -0.15) is 0 Å². The number of aromatic nitrogens is 2. The molecule has 1 heterocycles. The molecule has 1 aromatic rings. The van der Waals surface area contributed by atoms with E-state index in [1.165, 1.54) is 12.5 Å². The monoisotopic (exact) mass is 143 g/mol. The smallest absolute Gasteiger partial charge is 0.230 e. The highest BCUT2D eigenvalue weighted by atomic mass is 19.2. The van der Waals surface area contributed by atoms with Gasteiger partial charge in [0.25, 0.3) is 6.33 Å². The Bertz CT molecular complexity index is 222. The molecular formula is C7H12FN2+. The topological polar surface area (TPSA) is 8.81 Å². The molecule has 0 fully saturated rings. The lowest BCUT2D eigenvalue weighted by Gasteiger charge is -2.12. The molecule has 0 aromatic carbocycles. The van der Waals surface area contributed by atoms with Crippen molar-refractivity contribution in [2.45, 2.75) is 26.3 Å². The third kappa shape index (κ3) is 1.35. The van der Waals surface area contributed by atoms with Crippen molar-refractivity contribution >= 4 is 0 Å². The highest BCUT2D eigenvalue weighted by Gasteiger charge is 2.18. The predicted molar refractivity (Wildman–Crippen MR) is 36.1 cm³/mol. The van der Waals surface area contributed by atoms with Gasteiger partial charge < -0.3 is 0 Å². The molecule has 1 rings (SSSR count). The van der Waals surface area contributed by atoms with Crippen LogP contribution in [0.1, 0.15) is 20.8 Å². The van der Waals surface area contributed by atoms with E-state index in [1.54, 1.807) is 6.20 Å². The summed E-state index contributed by atoms with van der Waals surface area (Å²) in [7, 11) is 0. The second-order valence-electron chi connectivity index (χ2n) is 3.34. The molecule has 0 aliphatic heterocycles. The van der Waals surface area contributed by atoms with Crippen LogP contribution in [0.3, 0.4) is 0 Å². The van der Waals surface area contributed by atoms with Crippen molar-refractivity contribution in [3.63, 3.8) is 0 Å². The molecule has 0 saturated carbocycles. The molecule has 0 N–H and O–H groups in total. The first-order valence-electron chi connectivity index (χ1n) is 3.26. The molecule has 1 aromatic heterocycles. The van der Waals surface area contributed by atoms with E-state index in [1.807, 2.05) is 25.3 Å². The largest absolute Gasteiger partial charge is 0.281 e. The van der Waals surface area contributed by atoms with Crippen LogP contribution in [0, 0.1) is 0 Å². The van der Waals surface area contributed by atoms with Gasteiger partial charge in [-0.15, -0.1) is 0 Å². The quantitative estimate of drug-likeness (QED) is 0.483. The molecule has 3 heteroatoms. The normalized spacial score (nSPS) is 12.0. The Balaban J connectivity index is 2.96. The van der Waals surface area contributed by atoms with E-state index in [0.29, 0.717) is 4.79 Å². The van der Waals surface area contributed by atoms with Gasteiger partial charge in [0.2, 0.25) is 0 Å². The van der Waals surface area contributed by atoms with Crippen LogP contribution in [0.25, 0.3) is 0 Å². The minimum Gasteiger partial charge on any atom is -0.230 e. The SMILES string of the molecule is CC(C)(C)[n+]1ccn(F)c1. The van der Waals surface area contributed by atoms with Gasteiger partial charge in [0.05, 0.1) is 0 Å². The van der Waals surface area contributed by atoms with Crippen molar-refractivity contribution in [1.82, 2.24) is 4.79 Å². The molecule has 0 atom stereocenters. The standard InChI is InChI=1S/C7H12FN2/c1-7(2,3)9-4-5-10(8)6-9/h4-6H,1-3H3/q+1. The van der Waals surface area contributed by atoms with Crippen molar-refractivity contribution in [3.05, 3.63) is 18.7 Å². The summed E-state index contributed by atoms with van der Waals surface area (Å²) in [5.41, 5.74) is -0.0304. The number of hydrogen-bond donors (Lipinski definition) is 0. The fraction of sp³-hybridized carbons (Fsp3) is 0.571. The summed E-state index contributed by atoms with van der Waals surface area (Å²) in [6.07, 6.45) is 4.51. The summed E-state index contributed by atoms with van der Waals surface area (Å²) in [5.74, 6) is 0. The number of rotatable bonds is 0. The van der Waals surface area contributed by atoms with Crippen molar-refractivity contribution in [1.29, 1.82) is 0 Å². The summed E-state index contributed by atoms with van der Waals surface area (Å²) in [6.45, 7) is 6.06. The lowest BCUT2D eigenvalue weighted by molar-refractivity contribution is -0.754. The fourth-order valence-corrected chi connectivity index (χ4v) is 0.728. The van der Waals surface area contributed by atoms with Crippen LogP contribution in [0.2, 0.25) is 0 Å². The van der Waals surface area contributed by atoms with Gasteiger partial charge in [0.15, 0.2) is 6.20 Å². The third-order valence-corrected chi connectivity index (χ3v) is 1.38. The Hall–Kier alpha value is -0.860. The molecule has 0 unspecified atom stereocenters. The molecule has 10 heavy (non-hydrogen) atoms.